The molecule has 3 heterocycles. The molecule has 0 unspecified atom stereocenters. The third-order valence-corrected chi connectivity index (χ3v) is 7.12. The predicted molar refractivity (Wildman–Crippen MR) is 135 cm³/mol. The Labute approximate surface area is 208 Å². The number of aryl methyl sites for hydroxylation is 1. The number of rotatable bonds is 6. The first-order valence-corrected chi connectivity index (χ1v) is 12.6. The van der Waals surface area contributed by atoms with Crippen molar-refractivity contribution in [2.24, 2.45) is 5.92 Å². The van der Waals surface area contributed by atoms with Crippen LogP contribution in [0.2, 0.25) is 0 Å². The van der Waals surface area contributed by atoms with Gasteiger partial charge in [0.1, 0.15) is 0 Å². The van der Waals surface area contributed by atoms with Gasteiger partial charge in [-0.2, -0.15) is 0 Å². The van der Waals surface area contributed by atoms with Crippen LogP contribution in [0.4, 0.5) is 0 Å². The van der Waals surface area contributed by atoms with E-state index in [-0.39, 0.29) is 17.7 Å². The van der Waals surface area contributed by atoms with Gasteiger partial charge in [-0.1, -0.05) is 13.8 Å². The molecule has 0 radical (unpaired) electrons. The van der Waals surface area contributed by atoms with Crippen LogP contribution in [0.15, 0.2) is 24.3 Å². The summed E-state index contributed by atoms with van der Waals surface area (Å²) in [7, 11) is 3.27. The number of hydrogen-bond donors (Lipinski definition) is 0. The molecule has 0 N–H and O–H groups in total. The van der Waals surface area contributed by atoms with Crippen molar-refractivity contribution >= 4 is 11.8 Å². The second-order valence-electron chi connectivity index (χ2n) is 10.1. The molecular weight excluding hydrogens is 442 g/mol. The smallest absolute Gasteiger partial charge is 0.256 e. The second kappa shape index (κ2) is 10.7. The highest BCUT2D eigenvalue weighted by Crippen LogP contribution is 2.35. The molecule has 2 aromatic rings. The van der Waals surface area contributed by atoms with Crippen molar-refractivity contribution in [1.29, 1.82) is 0 Å². The van der Waals surface area contributed by atoms with Crippen LogP contribution in [0, 0.1) is 12.8 Å². The number of carbonyl (C=O) groups excluding carboxylic acids is 2. The molecule has 1 aromatic heterocycles. The van der Waals surface area contributed by atoms with E-state index in [1.165, 1.54) is 5.56 Å². The van der Waals surface area contributed by atoms with E-state index in [0.717, 1.165) is 49.3 Å². The van der Waals surface area contributed by atoms with Gasteiger partial charge in [0.15, 0.2) is 11.5 Å². The molecule has 1 fully saturated rings. The third-order valence-electron chi connectivity index (χ3n) is 7.12. The molecule has 2 amide bonds. The Morgan fingerprint density at radius 2 is 1.66 bits per heavy atom. The molecule has 1 aromatic carbocycles. The standard InChI is InChI=1S/C28H37N3O4/c1-18(2)14-26(32)30-11-8-20(9-12-30)27-23(7-6-19(3)29-27)28(33)31-13-10-21-15-24(34-4)25(35-5)16-22(21)17-31/h6-7,15-16,18,20H,8-14,17H2,1-5H3. The van der Waals surface area contributed by atoms with Crippen LogP contribution in [-0.4, -0.2) is 60.5 Å². The Balaban J connectivity index is 1.52. The van der Waals surface area contributed by atoms with Crippen molar-refractivity contribution in [2.75, 3.05) is 33.9 Å². The van der Waals surface area contributed by atoms with Crippen molar-refractivity contribution in [3.05, 3.63) is 52.3 Å². The minimum Gasteiger partial charge on any atom is -0.493 e. The summed E-state index contributed by atoms with van der Waals surface area (Å²) in [6, 6.07) is 7.85. The highest BCUT2D eigenvalue weighted by molar-refractivity contribution is 5.95. The first kappa shape index (κ1) is 25.0. The lowest BCUT2D eigenvalue weighted by atomic mass is 9.89. The van der Waals surface area contributed by atoms with Gasteiger partial charge < -0.3 is 19.3 Å². The van der Waals surface area contributed by atoms with Crippen molar-refractivity contribution in [2.45, 2.75) is 58.9 Å². The molecule has 4 rings (SSSR count). The van der Waals surface area contributed by atoms with Crippen LogP contribution >= 0.6 is 0 Å². The van der Waals surface area contributed by atoms with Crippen LogP contribution in [0.5, 0.6) is 11.5 Å². The molecule has 2 aliphatic rings. The lowest BCUT2D eigenvalue weighted by Gasteiger charge is -2.34. The maximum atomic E-state index is 13.7. The van der Waals surface area contributed by atoms with Crippen LogP contribution < -0.4 is 9.47 Å². The lowest BCUT2D eigenvalue weighted by molar-refractivity contribution is -0.133. The number of ether oxygens (including phenoxy) is 2. The van der Waals surface area contributed by atoms with Crippen molar-refractivity contribution in [3.8, 4) is 11.5 Å². The zero-order valence-electron chi connectivity index (χ0n) is 21.6. The van der Waals surface area contributed by atoms with Crippen molar-refractivity contribution < 1.29 is 19.1 Å². The number of carbonyl (C=O) groups is 2. The summed E-state index contributed by atoms with van der Waals surface area (Å²) in [4.78, 5) is 34.9. The number of pyridine rings is 1. The number of benzene rings is 1. The molecule has 2 aliphatic heterocycles. The normalized spacial score (nSPS) is 16.3. The van der Waals surface area contributed by atoms with E-state index >= 15 is 0 Å². The molecular formula is C28H37N3O4. The van der Waals surface area contributed by atoms with Crippen LogP contribution in [0.1, 0.15) is 71.9 Å². The van der Waals surface area contributed by atoms with Gasteiger partial charge >= 0.3 is 0 Å². The fraction of sp³-hybridized carbons (Fsp3) is 0.536. The summed E-state index contributed by atoms with van der Waals surface area (Å²) < 4.78 is 10.9. The first-order chi connectivity index (χ1) is 16.8. The van der Waals surface area contributed by atoms with Crippen LogP contribution in [-0.2, 0) is 17.8 Å². The number of likely N-dealkylation sites (tertiary alicyclic amines) is 1. The zero-order chi connectivity index (χ0) is 25.1. The van der Waals surface area contributed by atoms with E-state index < -0.39 is 0 Å². The maximum Gasteiger partial charge on any atom is 0.256 e. The molecule has 188 valence electrons. The minimum absolute atomic E-state index is 0.0197. The second-order valence-corrected chi connectivity index (χ2v) is 10.1. The number of fused-ring (bicyclic) bond motifs is 1. The molecule has 0 aliphatic carbocycles. The number of aromatic nitrogens is 1. The summed E-state index contributed by atoms with van der Waals surface area (Å²) >= 11 is 0. The van der Waals surface area contributed by atoms with E-state index in [1.807, 2.05) is 41.0 Å². The fourth-order valence-corrected chi connectivity index (χ4v) is 5.18. The first-order valence-electron chi connectivity index (χ1n) is 12.6. The predicted octanol–water partition coefficient (Wildman–Crippen LogP) is 4.36. The number of methoxy groups -OCH3 is 2. The van der Waals surface area contributed by atoms with E-state index in [1.54, 1.807) is 14.2 Å². The van der Waals surface area contributed by atoms with Crippen molar-refractivity contribution in [1.82, 2.24) is 14.8 Å². The topological polar surface area (TPSA) is 72.0 Å². The Bertz CT molecular complexity index is 1090. The molecule has 0 bridgehead atoms. The van der Waals surface area contributed by atoms with E-state index in [4.69, 9.17) is 14.5 Å². The summed E-state index contributed by atoms with van der Waals surface area (Å²) in [5.74, 6) is 2.18. The summed E-state index contributed by atoms with van der Waals surface area (Å²) in [6.07, 6.45) is 3.03. The SMILES string of the molecule is COc1cc2c(cc1OC)CN(C(=O)c1ccc(C)nc1C1CCN(C(=O)CC(C)C)CC1)CC2. The number of piperidine rings is 1. The highest BCUT2D eigenvalue weighted by Gasteiger charge is 2.31. The Morgan fingerprint density at radius 3 is 2.29 bits per heavy atom. The van der Waals surface area contributed by atoms with E-state index in [9.17, 15) is 9.59 Å². The van der Waals surface area contributed by atoms with Crippen LogP contribution in [0.25, 0.3) is 0 Å². The molecule has 7 nitrogen and oxygen atoms in total. The summed E-state index contributed by atoms with van der Waals surface area (Å²) in [5.41, 5.74) is 4.75. The van der Waals surface area contributed by atoms with Gasteiger partial charge in [0.2, 0.25) is 5.91 Å². The quantitative estimate of drug-likeness (QED) is 0.616. The van der Waals surface area contributed by atoms with Crippen molar-refractivity contribution in [3.63, 3.8) is 0 Å². The Kier molecular flexibility index (Phi) is 7.63. The highest BCUT2D eigenvalue weighted by atomic mass is 16.5. The molecule has 0 atom stereocenters. The maximum absolute atomic E-state index is 13.7. The summed E-state index contributed by atoms with van der Waals surface area (Å²) in [6.45, 7) is 8.74. The average molecular weight is 480 g/mol. The minimum atomic E-state index is 0.0197. The molecule has 35 heavy (non-hydrogen) atoms. The number of nitrogens with zero attached hydrogens (tertiary/aromatic N) is 3. The fourth-order valence-electron chi connectivity index (χ4n) is 5.18. The monoisotopic (exact) mass is 479 g/mol. The van der Waals surface area contributed by atoms with Gasteiger partial charge in [0.25, 0.3) is 5.91 Å². The molecule has 0 spiro atoms. The zero-order valence-corrected chi connectivity index (χ0v) is 21.6. The largest absolute Gasteiger partial charge is 0.493 e. The average Bonchev–Trinajstić information content (AvgIpc) is 2.86. The molecule has 0 saturated carbocycles. The lowest BCUT2D eigenvalue weighted by Crippen LogP contribution is -2.40. The van der Waals surface area contributed by atoms with E-state index in [2.05, 4.69) is 13.8 Å². The van der Waals surface area contributed by atoms with Gasteiger partial charge in [-0.25, -0.2) is 0 Å². The third kappa shape index (κ3) is 5.44. The molecule has 7 heteroatoms. The molecule has 1 saturated heterocycles. The number of amides is 2. The van der Waals surface area contributed by atoms with Gasteiger partial charge in [-0.15, -0.1) is 0 Å². The van der Waals surface area contributed by atoms with Crippen LogP contribution in [0.3, 0.4) is 0 Å². The summed E-state index contributed by atoms with van der Waals surface area (Å²) in [5, 5.41) is 0. The van der Waals surface area contributed by atoms with Gasteiger partial charge in [-0.3, -0.25) is 14.6 Å². The Hall–Kier alpha value is -3.09. The Morgan fingerprint density at radius 1 is 1.00 bits per heavy atom. The van der Waals surface area contributed by atoms with E-state index in [0.29, 0.717) is 42.5 Å². The number of hydrogen-bond acceptors (Lipinski definition) is 5. The van der Waals surface area contributed by atoms with Gasteiger partial charge in [-0.05, 0) is 67.5 Å². The van der Waals surface area contributed by atoms with Gasteiger partial charge in [0, 0.05) is 44.2 Å². The van der Waals surface area contributed by atoms with Gasteiger partial charge in [0.05, 0.1) is 25.5 Å².